The van der Waals surface area contributed by atoms with E-state index in [0.717, 1.165) is 28.6 Å². The molecular weight excluding hydrogens is 372 g/mol. The largest absolute Gasteiger partial charge is 0.451 e. The van der Waals surface area contributed by atoms with E-state index >= 15 is 0 Å². The highest BCUT2D eigenvalue weighted by Crippen LogP contribution is 2.28. The number of furan rings is 1. The second-order valence-electron chi connectivity index (χ2n) is 6.48. The molecule has 0 saturated carbocycles. The van der Waals surface area contributed by atoms with E-state index in [0.29, 0.717) is 23.1 Å². The highest BCUT2D eigenvalue weighted by Gasteiger charge is 2.18. The average molecular weight is 392 g/mol. The van der Waals surface area contributed by atoms with Crippen LogP contribution in [0.2, 0.25) is 0 Å². The number of thiazole rings is 1. The van der Waals surface area contributed by atoms with Gasteiger partial charge in [0.25, 0.3) is 5.91 Å². The van der Waals surface area contributed by atoms with Crippen LogP contribution in [-0.2, 0) is 11.2 Å². The number of aryl methyl sites for hydroxylation is 1. The third kappa shape index (κ3) is 3.69. The maximum absolute atomic E-state index is 12.6. The first-order valence-electron chi connectivity index (χ1n) is 8.99. The minimum absolute atomic E-state index is 0.287. The molecule has 2 heterocycles. The van der Waals surface area contributed by atoms with Gasteiger partial charge in [0.1, 0.15) is 5.58 Å². The summed E-state index contributed by atoms with van der Waals surface area (Å²) in [4.78, 5) is 17.2. The number of rotatable bonds is 6. The van der Waals surface area contributed by atoms with Crippen molar-refractivity contribution in [2.45, 2.75) is 13.3 Å². The molecule has 5 nitrogen and oxygen atoms in total. The van der Waals surface area contributed by atoms with E-state index in [1.165, 1.54) is 16.9 Å². The average Bonchev–Trinajstić information content (AvgIpc) is 3.32. The summed E-state index contributed by atoms with van der Waals surface area (Å²) in [6.45, 7) is 2.59. The predicted octanol–water partition coefficient (Wildman–Crippen LogP) is 5.31. The first kappa shape index (κ1) is 18.4. The summed E-state index contributed by atoms with van der Waals surface area (Å²) in [7, 11) is 1.70. The van der Waals surface area contributed by atoms with Gasteiger partial charge in [0.15, 0.2) is 10.9 Å². The topological polar surface area (TPSA) is 64.4 Å². The van der Waals surface area contributed by atoms with E-state index in [2.05, 4.69) is 22.4 Å². The van der Waals surface area contributed by atoms with Crippen LogP contribution in [0.1, 0.15) is 21.7 Å². The lowest BCUT2D eigenvalue weighted by Crippen LogP contribution is -2.11. The van der Waals surface area contributed by atoms with Gasteiger partial charge in [-0.1, -0.05) is 42.5 Å². The molecule has 1 amide bonds. The van der Waals surface area contributed by atoms with Gasteiger partial charge in [-0.2, -0.15) is 0 Å². The van der Waals surface area contributed by atoms with Crippen LogP contribution < -0.4 is 5.32 Å². The van der Waals surface area contributed by atoms with Crippen LogP contribution in [0.25, 0.3) is 22.2 Å². The van der Waals surface area contributed by atoms with E-state index in [1.54, 1.807) is 7.11 Å². The van der Waals surface area contributed by atoms with E-state index in [4.69, 9.17) is 9.15 Å². The Hall–Kier alpha value is -2.96. The molecule has 4 rings (SSSR count). The number of carbonyl (C=O) groups is 1. The quantitative estimate of drug-likeness (QED) is 0.483. The maximum atomic E-state index is 12.6. The fraction of sp³-hybridized carbons (Fsp3) is 0.182. The third-order valence-electron chi connectivity index (χ3n) is 4.62. The number of hydrogen-bond acceptors (Lipinski definition) is 5. The minimum Gasteiger partial charge on any atom is -0.451 e. The van der Waals surface area contributed by atoms with E-state index < -0.39 is 0 Å². The fourth-order valence-corrected chi connectivity index (χ4v) is 3.79. The summed E-state index contributed by atoms with van der Waals surface area (Å²) in [5.74, 6) is 0.0324. The predicted molar refractivity (Wildman–Crippen MR) is 112 cm³/mol. The lowest BCUT2D eigenvalue weighted by Gasteiger charge is -2.02. The summed E-state index contributed by atoms with van der Waals surface area (Å²) < 4.78 is 10.8. The first-order chi connectivity index (χ1) is 13.7. The zero-order valence-electron chi connectivity index (χ0n) is 15.7. The molecule has 0 aliphatic carbocycles. The maximum Gasteiger partial charge on any atom is 0.293 e. The number of amides is 1. The normalized spacial score (nSPS) is 11.1. The Kier molecular flexibility index (Phi) is 5.23. The number of nitrogens with zero attached hydrogens (tertiary/aromatic N) is 1. The van der Waals surface area contributed by atoms with Gasteiger partial charge in [-0.25, -0.2) is 4.98 Å². The van der Waals surface area contributed by atoms with E-state index in [1.807, 2.05) is 48.7 Å². The summed E-state index contributed by atoms with van der Waals surface area (Å²) >= 11 is 1.39. The number of carbonyl (C=O) groups excluding carboxylic acids is 1. The number of benzene rings is 2. The van der Waals surface area contributed by atoms with Gasteiger partial charge in [-0.15, -0.1) is 11.3 Å². The molecule has 1 N–H and O–H groups in total. The number of hydrogen-bond donors (Lipinski definition) is 1. The molecule has 0 aliphatic rings. The molecule has 0 atom stereocenters. The lowest BCUT2D eigenvalue weighted by atomic mass is 10.1. The molecule has 0 fully saturated rings. The van der Waals surface area contributed by atoms with Crippen LogP contribution in [0, 0.1) is 6.92 Å². The van der Waals surface area contributed by atoms with Crippen molar-refractivity contribution in [2.75, 3.05) is 19.0 Å². The number of methoxy groups -OCH3 is 1. The van der Waals surface area contributed by atoms with Crippen molar-refractivity contribution in [3.05, 3.63) is 70.8 Å². The summed E-state index contributed by atoms with van der Waals surface area (Å²) in [5, 5.41) is 6.27. The molecule has 4 aromatic rings. The lowest BCUT2D eigenvalue weighted by molar-refractivity contribution is 0.0998. The Morgan fingerprint density at radius 2 is 1.96 bits per heavy atom. The van der Waals surface area contributed by atoms with Gasteiger partial charge < -0.3 is 9.15 Å². The molecule has 0 saturated heterocycles. The Morgan fingerprint density at radius 3 is 2.71 bits per heavy atom. The van der Waals surface area contributed by atoms with Gasteiger partial charge >= 0.3 is 0 Å². The monoisotopic (exact) mass is 392 g/mol. The standard InChI is InChI=1S/C22H20N2O3S/c1-14-17-5-3-4-6-19(17)27-20(14)21(25)24-22-23-18(13-28-22)16-9-7-15(8-10-16)11-12-26-2/h3-10,13H,11-12H2,1-2H3,(H,23,24,25). The number of anilines is 1. The first-order valence-corrected chi connectivity index (χ1v) is 9.87. The summed E-state index contributed by atoms with van der Waals surface area (Å²) in [6, 6.07) is 15.8. The van der Waals surface area contributed by atoms with Gasteiger partial charge in [-0.05, 0) is 25.0 Å². The van der Waals surface area contributed by atoms with Crippen LogP contribution in [0.4, 0.5) is 5.13 Å². The Labute approximate surface area is 167 Å². The van der Waals surface area contributed by atoms with Gasteiger partial charge in [0, 0.05) is 29.0 Å². The highest BCUT2D eigenvalue weighted by molar-refractivity contribution is 7.14. The van der Waals surface area contributed by atoms with E-state index in [9.17, 15) is 4.79 Å². The molecule has 0 bridgehead atoms. The zero-order valence-corrected chi connectivity index (χ0v) is 16.5. The zero-order chi connectivity index (χ0) is 19.5. The molecule has 0 unspecified atom stereocenters. The summed E-state index contributed by atoms with van der Waals surface area (Å²) in [5.41, 5.74) is 4.60. The van der Waals surface area contributed by atoms with Crippen LogP contribution in [-0.4, -0.2) is 24.6 Å². The van der Waals surface area contributed by atoms with Crippen molar-refractivity contribution < 1.29 is 13.9 Å². The van der Waals surface area contributed by atoms with Crippen LogP contribution >= 0.6 is 11.3 Å². The Morgan fingerprint density at radius 1 is 1.18 bits per heavy atom. The van der Waals surface area contributed by atoms with Crippen molar-refractivity contribution in [2.24, 2.45) is 0 Å². The minimum atomic E-state index is -0.287. The second-order valence-corrected chi connectivity index (χ2v) is 7.34. The molecule has 0 spiro atoms. The molecule has 2 aromatic carbocycles. The van der Waals surface area contributed by atoms with Gasteiger partial charge in [0.05, 0.1) is 12.3 Å². The van der Waals surface area contributed by atoms with Crippen molar-refractivity contribution in [3.63, 3.8) is 0 Å². The SMILES string of the molecule is COCCc1ccc(-c2csc(NC(=O)c3oc4ccccc4c3C)n2)cc1. The van der Waals surface area contributed by atoms with Crippen molar-refractivity contribution in [1.82, 2.24) is 4.98 Å². The smallest absolute Gasteiger partial charge is 0.293 e. The van der Waals surface area contributed by atoms with Gasteiger partial charge in [-0.3, -0.25) is 10.1 Å². The molecule has 142 valence electrons. The molecule has 0 radical (unpaired) electrons. The highest BCUT2D eigenvalue weighted by atomic mass is 32.1. The van der Waals surface area contributed by atoms with Crippen molar-refractivity contribution >= 4 is 33.3 Å². The Balaban J connectivity index is 1.49. The number of nitrogens with one attached hydrogen (secondary N) is 1. The number of fused-ring (bicyclic) bond motifs is 1. The molecule has 2 aromatic heterocycles. The van der Waals surface area contributed by atoms with Crippen LogP contribution in [0.5, 0.6) is 0 Å². The van der Waals surface area contributed by atoms with Crippen molar-refractivity contribution in [1.29, 1.82) is 0 Å². The second kappa shape index (κ2) is 7.96. The molecular formula is C22H20N2O3S. The van der Waals surface area contributed by atoms with Crippen molar-refractivity contribution in [3.8, 4) is 11.3 Å². The third-order valence-corrected chi connectivity index (χ3v) is 5.38. The number of aromatic nitrogens is 1. The molecule has 6 heteroatoms. The Bertz CT molecular complexity index is 1110. The number of ether oxygens (including phenoxy) is 1. The van der Waals surface area contributed by atoms with E-state index in [-0.39, 0.29) is 5.91 Å². The van der Waals surface area contributed by atoms with Gasteiger partial charge in [0.2, 0.25) is 0 Å². The van der Waals surface area contributed by atoms with Crippen LogP contribution in [0.15, 0.2) is 58.3 Å². The molecule has 28 heavy (non-hydrogen) atoms. The number of para-hydroxylation sites is 1. The van der Waals surface area contributed by atoms with Crippen LogP contribution in [0.3, 0.4) is 0 Å². The summed E-state index contributed by atoms with van der Waals surface area (Å²) in [6.07, 6.45) is 0.881. The molecule has 0 aliphatic heterocycles. The fourth-order valence-electron chi connectivity index (χ4n) is 3.07.